The fourth-order valence-corrected chi connectivity index (χ4v) is 3.34. The maximum absolute atomic E-state index is 12.6. The molecule has 0 radical (unpaired) electrons. The second-order valence-electron chi connectivity index (χ2n) is 7.43. The molecule has 3 aromatic carbocycles. The van der Waals surface area contributed by atoms with Crippen LogP contribution < -0.4 is 10.6 Å². The summed E-state index contributed by atoms with van der Waals surface area (Å²) in [4.78, 5) is 12.6. The molecule has 3 rings (SSSR count). The normalized spacial score (nSPS) is 12.0. The van der Waals surface area contributed by atoms with Crippen molar-refractivity contribution in [2.45, 2.75) is 32.7 Å². The molecule has 0 aliphatic carbocycles. The Bertz CT molecular complexity index is 901. The number of nitrogens with one attached hydrogen (secondary N) is 2. The van der Waals surface area contributed by atoms with Crippen molar-refractivity contribution in [2.75, 3.05) is 11.9 Å². The Morgan fingerprint density at radius 2 is 1.43 bits per heavy atom. The lowest BCUT2D eigenvalue weighted by Gasteiger charge is -2.20. The minimum absolute atomic E-state index is 0.0344. The molecule has 28 heavy (non-hydrogen) atoms. The Hall–Kier alpha value is -2.91. The summed E-state index contributed by atoms with van der Waals surface area (Å²) in [6.07, 6.45) is 0. The Balaban J connectivity index is 1.73. The third kappa shape index (κ3) is 5.08. The van der Waals surface area contributed by atoms with Crippen molar-refractivity contribution in [1.29, 1.82) is 0 Å². The van der Waals surface area contributed by atoms with Crippen molar-refractivity contribution in [2.24, 2.45) is 0 Å². The molecule has 2 N–H and O–H groups in total. The highest BCUT2D eigenvalue weighted by molar-refractivity contribution is 5.93. The summed E-state index contributed by atoms with van der Waals surface area (Å²) >= 11 is 0. The summed E-state index contributed by atoms with van der Waals surface area (Å²) in [5, 5.41) is 6.49. The number of amides is 1. The lowest BCUT2D eigenvalue weighted by molar-refractivity contribution is -0.115. The Kier molecular flexibility index (Phi) is 6.62. The number of anilines is 1. The van der Waals surface area contributed by atoms with Gasteiger partial charge in [-0.1, -0.05) is 92.2 Å². The smallest absolute Gasteiger partial charge is 0.238 e. The SMILES string of the molecule is Cc1ccc([C@@H](NCC(=O)Nc2ccccc2C(C)C)c2ccccc2)cc1. The van der Waals surface area contributed by atoms with Crippen LogP contribution in [0.5, 0.6) is 0 Å². The topological polar surface area (TPSA) is 41.1 Å². The van der Waals surface area contributed by atoms with Gasteiger partial charge in [0.1, 0.15) is 0 Å². The third-order valence-electron chi connectivity index (χ3n) is 4.87. The highest BCUT2D eigenvalue weighted by atomic mass is 16.1. The van der Waals surface area contributed by atoms with Gasteiger partial charge in [0.15, 0.2) is 0 Å². The fraction of sp³-hybridized carbons (Fsp3) is 0.240. The number of carbonyl (C=O) groups excluding carboxylic acids is 1. The summed E-state index contributed by atoms with van der Waals surface area (Å²) in [5.41, 5.74) is 5.54. The van der Waals surface area contributed by atoms with Crippen LogP contribution in [-0.4, -0.2) is 12.5 Å². The number of para-hydroxylation sites is 1. The number of hydrogen-bond donors (Lipinski definition) is 2. The Labute approximate surface area is 167 Å². The van der Waals surface area contributed by atoms with Gasteiger partial charge >= 0.3 is 0 Å². The standard InChI is InChI=1S/C25H28N2O/c1-18(2)22-11-7-8-12-23(22)27-24(28)17-26-25(20-9-5-4-6-10-20)21-15-13-19(3)14-16-21/h4-16,18,25-26H,17H2,1-3H3,(H,27,28)/t25-/m0/s1. The van der Waals surface area contributed by atoms with Crippen LogP contribution >= 0.6 is 0 Å². The van der Waals surface area contributed by atoms with E-state index in [0.717, 1.165) is 22.4 Å². The quantitative estimate of drug-likeness (QED) is 0.580. The molecule has 3 nitrogen and oxygen atoms in total. The molecule has 3 heteroatoms. The molecule has 3 aromatic rings. The molecule has 0 saturated heterocycles. The lowest BCUT2D eigenvalue weighted by atomic mass is 9.98. The van der Waals surface area contributed by atoms with E-state index < -0.39 is 0 Å². The predicted octanol–water partition coefficient (Wildman–Crippen LogP) is 5.44. The summed E-state index contributed by atoms with van der Waals surface area (Å²) < 4.78 is 0. The minimum atomic E-state index is -0.0406. The molecule has 0 aliphatic heterocycles. The number of carbonyl (C=O) groups is 1. The fourth-order valence-electron chi connectivity index (χ4n) is 3.34. The van der Waals surface area contributed by atoms with E-state index in [0.29, 0.717) is 5.92 Å². The molecule has 0 aromatic heterocycles. The van der Waals surface area contributed by atoms with E-state index in [4.69, 9.17) is 0 Å². The van der Waals surface area contributed by atoms with Crippen molar-refractivity contribution < 1.29 is 4.79 Å². The molecule has 144 valence electrons. The number of benzene rings is 3. The first-order valence-electron chi connectivity index (χ1n) is 9.78. The highest BCUT2D eigenvalue weighted by Gasteiger charge is 2.16. The Morgan fingerprint density at radius 1 is 0.821 bits per heavy atom. The summed E-state index contributed by atoms with van der Waals surface area (Å²) in [6, 6.07) is 26.6. The van der Waals surface area contributed by atoms with E-state index in [2.05, 4.69) is 73.9 Å². The van der Waals surface area contributed by atoms with Gasteiger partial charge in [0, 0.05) is 5.69 Å². The zero-order valence-corrected chi connectivity index (χ0v) is 16.8. The monoisotopic (exact) mass is 372 g/mol. The van der Waals surface area contributed by atoms with Crippen LogP contribution in [0.3, 0.4) is 0 Å². The molecule has 0 saturated carbocycles. The van der Waals surface area contributed by atoms with Gasteiger partial charge in [0.2, 0.25) is 5.91 Å². The van der Waals surface area contributed by atoms with Crippen molar-refractivity contribution in [3.63, 3.8) is 0 Å². The van der Waals surface area contributed by atoms with Crippen molar-refractivity contribution >= 4 is 11.6 Å². The zero-order chi connectivity index (χ0) is 19.9. The minimum Gasteiger partial charge on any atom is -0.325 e. The van der Waals surface area contributed by atoms with E-state index in [9.17, 15) is 4.79 Å². The summed E-state index contributed by atoms with van der Waals surface area (Å²) in [6.45, 7) is 6.58. The second kappa shape index (κ2) is 9.34. The highest BCUT2D eigenvalue weighted by Crippen LogP contribution is 2.24. The van der Waals surface area contributed by atoms with E-state index in [1.165, 1.54) is 5.56 Å². The predicted molar refractivity (Wildman–Crippen MR) is 117 cm³/mol. The van der Waals surface area contributed by atoms with Crippen LogP contribution in [0.1, 0.15) is 48.1 Å². The van der Waals surface area contributed by atoms with Crippen LogP contribution in [0.2, 0.25) is 0 Å². The first-order valence-corrected chi connectivity index (χ1v) is 9.78. The second-order valence-corrected chi connectivity index (χ2v) is 7.43. The van der Waals surface area contributed by atoms with Gasteiger partial charge in [-0.3, -0.25) is 10.1 Å². The van der Waals surface area contributed by atoms with Crippen LogP contribution in [-0.2, 0) is 4.79 Å². The maximum Gasteiger partial charge on any atom is 0.238 e. The molecule has 0 aliphatic rings. The molecule has 0 heterocycles. The van der Waals surface area contributed by atoms with E-state index in [1.54, 1.807) is 0 Å². The molecular formula is C25H28N2O. The number of hydrogen-bond acceptors (Lipinski definition) is 2. The Morgan fingerprint density at radius 3 is 2.11 bits per heavy atom. The molecule has 0 bridgehead atoms. The molecular weight excluding hydrogens is 344 g/mol. The van der Waals surface area contributed by atoms with E-state index >= 15 is 0 Å². The molecule has 0 spiro atoms. The zero-order valence-electron chi connectivity index (χ0n) is 16.8. The lowest BCUT2D eigenvalue weighted by Crippen LogP contribution is -2.32. The largest absolute Gasteiger partial charge is 0.325 e. The van der Waals surface area contributed by atoms with Gasteiger partial charge < -0.3 is 5.32 Å². The first kappa shape index (κ1) is 19.8. The molecule has 0 unspecified atom stereocenters. The van der Waals surface area contributed by atoms with Crippen LogP contribution in [0.15, 0.2) is 78.9 Å². The van der Waals surface area contributed by atoms with Crippen LogP contribution in [0.4, 0.5) is 5.69 Å². The van der Waals surface area contributed by atoms with Crippen molar-refractivity contribution in [1.82, 2.24) is 5.32 Å². The first-order chi connectivity index (χ1) is 13.5. The third-order valence-corrected chi connectivity index (χ3v) is 4.87. The van der Waals surface area contributed by atoms with Gasteiger partial charge in [-0.2, -0.15) is 0 Å². The van der Waals surface area contributed by atoms with Gasteiger partial charge in [-0.15, -0.1) is 0 Å². The summed E-state index contributed by atoms with van der Waals surface area (Å²) in [7, 11) is 0. The molecule has 0 fully saturated rings. The van der Waals surface area contributed by atoms with Crippen LogP contribution in [0.25, 0.3) is 0 Å². The molecule has 1 atom stereocenters. The number of rotatable bonds is 7. The average Bonchev–Trinajstić information content (AvgIpc) is 2.70. The maximum atomic E-state index is 12.6. The van der Waals surface area contributed by atoms with Crippen LogP contribution in [0, 0.1) is 6.92 Å². The number of aryl methyl sites for hydroxylation is 1. The van der Waals surface area contributed by atoms with Gasteiger partial charge in [0.05, 0.1) is 12.6 Å². The van der Waals surface area contributed by atoms with Crippen molar-refractivity contribution in [3.8, 4) is 0 Å². The average molecular weight is 373 g/mol. The van der Waals surface area contributed by atoms with Gasteiger partial charge in [-0.05, 0) is 35.6 Å². The van der Waals surface area contributed by atoms with Gasteiger partial charge in [-0.25, -0.2) is 0 Å². The van der Waals surface area contributed by atoms with E-state index in [-0.39, 0.29) is 18.5 Å². The van der Waals surface area contributed by atoms with Crippen molar-refractivity contribution in [3.05, 3.63) is 101 Å². The summed E-state index contributed by atoms with van der Waals surface area (Å²) in [5.74, 6) is 0.315. The van der Waals surface area contributed by atoms with E-state index in [1.807, 2.05) is 36.4 Å². The molecule has 1 amide bonds. The van der Waals surface area contributed by atoms with Gasteiger partial charge in [0.25, 0.3) is 0 Å².